The van der Waals surface area contributed by atoms with Crippen LogP contribution in [-0.2, 0) is 26.1 Å². The molecule has 0 radical (unpaired) electrons. The standard InChI is InChI=1S/C18H20N4O7S/c1-13-2-4-15(30(27,28)21-6-8-29-9-7-21)10-16(13)19-17(23)12-20-11-14(22(25)26)3-5-18(20)24/h2-5,10-11H,6-9,12H2,1H3,(H,19,23). The number of nitrogens with zero attached hydrogens (tertiary/aromatic N) is 3. The van der Waals surface area contributed by atoms with Crippen LogP contribution in [0.25, 0.3) is 0 Å². The second kappa shape index (κ2) is 8.73. The molecular weight excluding hydrogens is 416 g/mol. The van der Waals surface area contributed by atoms with Gasteiger partial charge in [0.05, 0.1) is 29.2 Å². The van der Waals surface area contributed by atoms with Gasteiger partial charge in [-0.25, -0.2) is 8.42 Å². The monoisotopic (exact) mass is 436 g/mol. The van der Waals surface area contributed by atoms with Gasteiger partial charge in [-0.2, -0.15) is 4.31 Å². The summed E-state index contributed by atoms with van der Waals surface area (Å²) in [5.74, 6) is -0.624. The number of aromatic nitrogens is 1. The first-order valence-corrected chi connectivity index (χ1v) is 10.5. The van der Waals surface area contributed by atoms with Crippen molar-refractivity contribution in [2.24, 2.45) is 0 Å². The summed E-state index contributed by atoms with van der Waals surface area (Å²) in [6.07, 6.45) is 0.980. The minimum absolute atomic E-state index is 0.0258. The van der Waals surface area contributed by atoms with Crippen LogP contribution in [0.5, 0.6) is 0 Å². The molecule has 30 heavy (non-hydrogen) atoms. The number of sulfonamides is 1. The van der Waals surface area contributed by atoms with E-state index in [4.69, 9.17) is 4.74 Å². The molecule has 2 heterocycles. The van der Waals surface area contributed by atoms with Crippen molar-refractivity contribution < 1.29 is 22.9 Å². The molecule has 0 aliphatic carbocycles. The molecule has 0 saturated carbocycles. The maximum absolute atomic E-state index is 12.8. The van der Waals surface area contributed by atoms with E-state index in [-0.39, 0.29) is 29.4 Å². The van der Waals surface area contributed by atoms with E-state index >= 15 is 0 Å². The molecule has 1 amide bonds. The Balaban J connectivity index is 1.81. The summed E-state index contributed by atoms with van der Waals surface area (Å²) < 4.78 is 33.1. The third-order valence-corrected chi connectivity index (χ3v) is 6.48. The first-order valence-electron chi connectivity index (χ1n) is 9.02. The Morgan fingerprint density at radius 2 is 1.93 bits per heavy atom. The molecule has 11 nitrogen and oxygen atoms in total. The summed E-state index contributed by atoms with van der Waals surface area (Å²) in [4.78, 5) is 34.5. The fraction of sp³-hybridized carbons (Fsp3) is 0.333. The molecule has 1 saturated heterocycles. The summed E-state index contributed by atoms with van der Waals surface area (Å²) in [7, 11) is -3.75. The highest BCUT2D eigenvalue weighted by atomic mass is 32.2. The number of nitro groups is 1. The molecule has 1 fully saturated rings. The zero-order chi connectivity index (χ0) is 21.9. The second-order valence-corrected chi connectivity index (χ2v) is 8.59. The van der Waals surface area contributed by atoms with E-state index in [9.17, 15) is 28.1 Å². The Morgan fingerprint density at radius 3 is 2.60 bits per heavy atom. The van der Waals surface area contributed by atoms with Crippen molar-refractivity contribution in [3.05, 3.63) is 62.6 Å². The average Bonchev–Trinajstić information content (AvgIpc) is 2.71. The summed E-state index contributed by atoms with van der Waals surface area (Å²) in [5.41, 5.74) is -0.00298. The number of carbonyl (C=O) groups excluding carboxylic acids is 1. The zero-order valence-electron chi connectivity index (χ0n) is 16.1. The molecule has 0 unspecified atom stereocenters. The van der Waals surface area contributed by atoms with E-state index in [0.29, 0.717) is 18.8 Å². The lowest BCUT2D eigenvalue weighted by atomic mass is 10.2. The highest BCUT2D eigenvalue weighted by molar-refractivity contribution is 7.89. The number of ether oxygens (including phenoxy) is 1. The lowest BCUT2D eigenvalue weighted by Crippen LogP contribution is -2.40. The van der Waals surface area contributed by atoms with Gasteiger partial charge in [-0.1, -0.05) is 6.07 Å². The van der Waals surface area contributed by atoms with E-state index in [0.717, 1.165) is 22.9 Å². The summed E-state index contributed by atoms with van der Waals surface area (Å²) in [5, 5.41) is 13.4. The van der Waals surface area contributed by atoms with Gasteiger partial charge in [0.25, 0.3) is 11.2 Å². The maximum Gasteiger partial charge on any atom is 0.285 e. The molecule has 1 aromatic heterocycles. The fourth-order valence-electron chi connectivity index (χ4n) is 2.93. The first kappa shape index (κ1) is 21.6. The third kappa shape index (κ3) is 4.72. The van der Waals surface area contributed by atoms with Gasteiger partial charge in [0.2, 0.25) is 15.9 Å². The van der Waals surface area contributed by atoms with Crippen molar-refractivity contribution in [3.63, 3.8) is 0 Å². The number of carbonyl (C=O) groups is 1. The second-order valence-electron chi connectivity index (χ2n) is 6.65. The number of rotatable bonds is 6. The number of amides is 1. The number of aryl methyl sites for hydroxylation is 1. The quantitative estimate of drug-likeness (QED) is 0.520. The van der Waals surface area contributed by atoms with Crippen LogP contribution in [0.4, 0.5) is 11.4 Å². The molecule has 0 spiro atoms. The molecule has 12 heteroatoms. The molecule has 0 bridgehead atoms. The topological polar surface area (TPSA) is 141 Å². The third-order valence-electron chi connectivity index (χ3n) is 4.58. The number of anilines is 1. The van der Waals surface area contributed by atoms with Gasteiger partial charge in [0.1, 0.15) is 6.54 Å². The highest BCUT2D eigenvalue weighted by Gasteiger charge is 2.27. The minimum atomic E-state index is -3.75. The van der Waals surface area contributed by atoms with Crippen LogP contribution in [0, 0.1) is 17.0 Å². The van der Waals surface area contributed by atoms with Crippen LogP contribution in [-0.4, -0.2) is 54.4 Å². The van der Waals surface area contributed by atoms with Crippen molar-refractivity contribution in [1.82, 2.24) is 8.87 Å². The van der Waals surface area contributed by atoms with Crippen LogP contribution in [0.2, 0.25) is 0 Å². The Bertz CT molecular complexity index is 1140. The fourth-order valence-corrected chi connectivity index (χ4v) is 4.36. The summed E-state index contributed by atoms with van der Waals surface area (Å²) in [6.45, 7) is 2.35. The highest BCUT2D eigenvalue weighted by Crippen LogP contribution is 2.23. The van der Waals surface area contributed by atoms with Gasteiger partial charge in [-0.15, -0.1) is 0 Å². The summed E-state index contributed by atoms with van der Waals surface area (Å²) in [6, 6.07) is 6.45. The largest absolute Gasteiger partial charge is 0.379 e. The minimum Gasteiger partial charge on any atom is -0.379 e. The van der Waals surface area contributed by atoms with Crippen LogP contribution in [0.1, 0.15) is 5.56 Å². The van der Waals surface area contributed by atoms with Gasteiger partial charge in [0, 0.05) is 30.9 Å². The van der Waals surface area contributed by atoms with Crippen LogP contribution in [0.3, 0.4) is 0 Å². The number of pyridine rings is 1. The number of morpholine rings is 1. The van der Waals surface area contributed by atoms with E-state index < -0.39 is 33.0 Å². The Hall–Kier alpha value is -3.09. The van der Waals surface area contributed by atoms with Crippen molar-refractivity contribution in [3.8, 4) is 0 Å². The molecule has 1 aromatic carbocycles. The van der Waals surface area contributed by atoms with Crippen molar-refractivity contribution in [2.45, 2.75) is 18.4 Å². The Labute approximate surface area is 172 Å². The SMILES string of the molecule is Cc1ccc(S(=O)(=O)N2CCOCC2)cc1NC(=O)Cn1cc([N+](=O)[O-])ccc1=O. The van der Waals surface area contributed by atoms with E-state index in [1.165, 1.54) is 16.4 Å². The number of nitrogens with one attached hydrogen (secondary N) is 1. The predicted molar refractivity (Wildman–Crippen MR) is 107 cm³/mol. The Kier molecular flexibility index (Phi) is 6.29. The Morgan fingerprint density at radius 1 is 1.23 bits per heavy atom. The molecule has 3 rings (SSSR count). The van der Waals surface area contributed by atoms with Crippen molar-refractivity contribution in [2.75, 3.05) is 31.6 Å². The van der Waals surface area contributed by atoms with Crippen LogP contribution < -0.4 is 10.9 Å². The van der Waals surface area contributed by atoms with Crippen molar-refractivity contribution >= 4 is 27.3 Å². The number of hydrogen-bond donors (Lipinski definition) is 1. The lowest BCUT2D eigenvalue weighted by molar-refractivity contribution is -0.385. The lowest BCUT2D eigenvalue weighted by Gasteiger charge is -2.26. The molecule has 1 aliphatic heterocycles. The van der Waals surface area contributed by atoms with E-state index in [2.05, 4.69) is 5.32 Å². The van der Waals surface area contributed by atoms with E-state index in [1.54, 1.807) is 13.0 Å². The van der Waals surface area contributed by atoms with Crippen LogP contribution >= 0.6 is 0 Å². The number of benzene rings is 1. The number of hydrogen-bond acceptors (Lipinski definition) is 7. The van der Waals surface area contributed by atoms with Gasteiger partial charge in [-0.3, -0.25) is 24.3 Å². The normalized spacial score (nSPS) is 15.0. The van der Waals surface area contributed by atoms with Gasteiger partial charge in [0.15, 0.2) is 0 Å². The van der Waals surface area contributed by atoms with Crippen molar-refractivity contribution in [1.29, 1.82) is 0 Å². The first-order chi connectivity index (χ1) is 14.2. The van der Waals surface area contributed by atoms with Gasteiger partial charge in [-0.05, 0) is 24.6 Å². The average molecular weight is 436 g/mol. The van der Waals surface area contributed by atoms with Crippen LogP contribution in [0.15, 0.2) is 46.2 Å². The van der Waals surface area contributed by atoms with Gasteiger partial charge >= 0.3 is 0 Å². The molecular formula is C18H20N4O7S. The van der Waals surface area contributed by atoms with E-state index in [1.807, 2.05) is 0 Å². The molecule has 0 atom stereocenters. The molecule has 160 valence electrons. The molecule has 1 aliphatic rings. The smallest absolute Gasteiger partial charge is 0.285 e. The molecule has 2 aromatic rings. The zero-order valence-corrected chi connectivity index (χ0v) is 16.9. The van der Waals surface area contributed by atoms with Gasteiger partial charge < -0.3 is 10.1 Å². The predicted octanol–water partition coefficient (Wildman–Crippen LogP) is 0.725. The summed E-state index contributed by atoms with van der Waals surface area (Å²) >= 11 is 0. The molecule has 1 N–H and O–H groups in total. The maximum atomic E-state index is 12.8.